The molecule has 0 unspecified atom stereocenters. The Kier molecular flexibility index (Phi) is 4.82. The third kappa shape index (κ3) is 4.02. The summed E-state index contributed by atoms with van der Waals surface area (Å²) in [7, 11) is 2.12. The van der Waals surface area contributed by atoms with Crippen LogP contribution in [0.25, 0.3) is 0 Å². The van der Waals surface area contributed by atoms with E-state index in [1.807, 2.05) is 0 Å². The van der Waals surface area contributed by atoms with E-state index >= 15 is 0 Å². The average molecular weight is 215 g/mol. The summed E-state index contributed by atoms with van der Waals surface area (Å²) in [5.41, 5.74) is 0. The molecule has 0 aliphatic heterocycles. The summed E-state index contributed by atoms with van der Waals surface area (Å²) in [5, 5.41) is 7.28. The molecule has 1 rings (SSSR count). The lowest BCUT2D eigenvalue weighted by atomic mass is 10.2. The molecule has 0 spiro atoms. The van der Waals surface area contributed by atoms with E-state index in [4.69, 9.17) is 0 Å². The van der Waals surface area contributed by atoms with Crippen LogP contribution in [-0.4, -0.2) is 35.2 Å². The predicted molar refractivity (Wildman–Crippen MR) is 58.8 cm³/mol. The molecule has 0 radical (unpaired) electrons. The van der Waals surface area contributed by atoms with Gasteiger partial charge in [-0.05, 0) is 33.0 Å². The molecule has 0 atom stereocenters. The Bertz CT molecular complexity index is 307. The molecule has 0 amide bonds. The van der Waals surface area contributed by atoms with Crippen LogP contribution in [0.2, 0.25) is 0 Å². The van der Waals surface area contributed by atoms with E-state index in [1.54, 1.807) is 0 Å². The number of rotatable bonds is 6. The lowest BCUT2D eigenvalue weighted by molar-refractivity contribution is 0.343. The molecule has 0 saturated heterocycles. The lowest BCUT2D eigenvalue weighted by Crippen LogP contribution is -2.18. The quantitative estimate of drug-likeness (QED) is 0.723. The zero-order valence-corrected chi connectivity index (χ0v) is 9.56. The second-order valence-corrected chi connectivity index (χ2v) is 4.41. The van der Waals surface area contributed by atoms with Crippen LogP contribution < -0.4 is 4.87 Å². The minimum atomic E-state index is -0.0503. The van der Waals surface area contributed by atoms with Crippen molar-refractivity contribution in [1.82, 2.24) is 15.1 Å². The molecule has 1 N–H and O–H groups in total. The van der Waals surface area contributed by atoms with Crippen molar-refractivity contribution in [2.24, 2.45) is 0 Å². The van der Waals surface area contributed by atoms with Crippen LogP contribution in [0.15, 0.2) is 4.79 Å². The molecular weight excluding hydrogens is 198 g/mol. The number of unbranched alkanes of at least 4 members (excludes halogenated alkanes) is 1. The van der Waals surface area contributed by atoms with E-state index in [9.17, 15) is 4.79 Å². The molecule has 4 nitrogen and oxygen atoms in total. The van der Waals surface area contributed by atoms with Crippen LogP contribution in [0, 0.1) is 0 Å². The number of aryl methyl sites for hydroxylation is 1. The zero-order valence-electron chi connectivity index (χ0n) is 8.75. The van der Waals surface area contributed by atoms with Gasteiger partial charge in [-0.25, -0.2) is 5.10 Å². The van der Waals surface area contributed by atoms with Crippen molar-refractivity contribution in [2.75, 3.05) is 20.1 Å². The van der Waals surface area contributed by atoms with Gasteiger partial charge in [0.25, 0.3) is 0 Å². The fraction of sp³-hybridized carbons (Fsp3) is 0.778. The monoisotopic (exact) mass is 215 g/mol. The van der Waals surface area contributed by atoms with Crippen molar-refractivity contribution in [1.29, 1.82) is 0 Å². The summed E-state index contributed by atoms with van der Waals surface area (Å²) >= 11 is 1.22. The first-order valence-electron chi connectivity index (χ1n) is 4.95. The van der Waals surface area contributed by atoms with E-state index in [2.05, 4.69) is 29.1 Å². The highest BCUT2D eigenvalue weighted by Gasteiger charge is 1.99. The minimum Gasteiger partial charge on any atom is -0.307 e. The third-order valence-electron chi connectivity index (χ3n) is 2.20. The maximum Gasteiger partial charge on any atom is 0.322 e. The van der Waals surface area contributed by atoms with Crippen molar-refractivity contribution in [3.63, 3.8) is 0 Å². The number of hydrogen-bond acceptors (Lipinski definition) is 4. The van der Waals surface area contributed by atoms with Gasteiger partial charge >= 0.3 is 4.87 Å². The van der Waals surface area contributed by atoms with Crippen LogP contribution in [0.1, 0.15) is 24.8 Å². The van der Waals surface area contributed by atoms with Gasteiger partial charge in [-0.2, -0.15) is 5.10 Å². The largest absolute Gasteiger partial charge is 0.322 e. The molecule has 0 aliphatic carbocycles. The summed E-state index contributed by atoms with van der Waals surface area (Å²) in [4.78, 5) is 13.0. The average Bonchev–Trinajstić information content (AvgIpc) is 2.58. The zero-order chi connectivity index (χ0) is 10.4. The van der Waals surface area contributed by atoms with Crippen LogP contribution >= 0.6 is 11.3 Å². The Balaban J connectivity index is 2.13. The lowest BCUT2D eigenvalue weighted by Gasteiger charge is -2.12. The van der Waals surface area contributed by atoms with Gasteiger partial charge in [-0.15, -0.1) is 0 Å². The highest BCUT2D eigenvalue weighted by molar-refractivity contribution is 7.08. The van der Waals surface area contributed by atoms with Crippen LogP contribution in [0.3, 0.4) is 0 Å². The van der Waals surface area contributed by atoms with E-state index in [0.717, 1.165) is 37.4 Å². The van der Waals surface area contributed by atoms with Crippen LogP contribution in [-0.2, 0) is 6.42 Å². The fourth-order valence-corrected chi connectivity index (χ4v) is 1.83. The van der Waals surface area contributed by atoms with Gasteiger partial charge in [0.1, 0.15) is 5.01 Å². The molecule has 1 aromatic rings. The minimum absolute atomic E-state index is 0.0503. The summed E-state index contributed by atoms with van der Waals surface area (Å²) in [6.45, 7) is 4.37. The highest BCUT2D eigenvalue weighted by atomic mass is 32.1. The maximum atomic E-state index is 10.8. The molecule has 1 heterocycles. The van der Waals surface area contributed by atoms with Gasteiger partial charge in [0.2, 0.25) is 0 Å². The predicted octanol–water partition coefficient (Wildman–Crippen LogP) is 1.11. The second-order valence-electron chi connectivity index (χ2n) is 3.36. The molecule has 14 heavy (non-hydrogen) atoms. The molecule has 0 aliphatic rings. The first-order chi connectivity index (χ1) is 6.72. The van der Waals surface area contributed by atoms with Crippen molar-refractivity contribution in [3.8, 4) is 0 Å². The maximum absolute atomic E-state index is 10.8. The molecule has 0 aromatic carbocycles. The first kappa shape index (κ1) is 11.4. The molecule has 0 bridgehead atoms. The molecular formula is C9H17N3OS. The van der Waals surface area contributed by atoms with E-state index in [0.29, 0.717) is 0 Å². The van der Waals surface area contributed by atoms with Gasteiger partial charge in [-0.3, -0.25) is 4.79 Å². The first-order valence-corrected chi connectivity index (χ1v) is 5.77. The summed E-state index contributed by atoms with van der Waals surface area (Å²) in [6.07, 6.45) is 3.18. The number of H-pyrrole nitrogens is 1. The summed E-state index contributed by atoms with van der Waals surface area (Å²) in [5.74, 6) is 0. The molecule has 1 aromatic heterocycles. The third-order valence-corrected chi connectivity index (χ3v) is 3.01. The molecule has 5 heteroatoms. The van der Waals surface area contributed by atoms with Crippen molar-refractivity contribution >= 4 is 11.3 Å². The Labute approximate surface area is 88.0 Å². The topological polar surface area (TPSA) is 49.0 Å². The van der Waals surface area contributed by atoms with Crippen LogP contribution in [0.4, 0.5) is 0 Å². The van der Waals surface area contributed by atoms with Gasteiger partial charge < -0.3 is 4.90 Å². The highest BCUT2D eigenvalue weighted by Crippen LogP contribution is 2.03. The SMILES string of the molecule is CCN(C)CCCCc1n[nH]c(=O)s1. The van der Waals surface area contributed by atoms with Crippen molar-refractivity contribution < 1.29 is 0 Å². The summed E-state index contributed by atoms with van der Waals surface area (Å²) < 4.78 is 0. The van der Waals surface area contributed by atoms with Gasteiger partial charge in [0.15, 0.2) is 0 Å². The molecule has 80 valence electrons. The fourth-order valence-electron chi connectivity index (χ4n) is 1.18. The molecule has 0 fully saturated rings. The Morgan fingerprint density at radius 3 is 2.86 bits per heavy atom. The number of aromatic amines is 1. The van der Waals surface area contributed by atoms with E-state index in [-0.39, 0.29) is 4.87 Å². The Hall–Kier alpha value is -0.680. The number of nitrogens with one attached hydrogen (secondary N) is 1. The van der Waals surface area contributed by atoms with Crippen molar-refractivity contribution in [2.45, 2.75) is 26.2 Å². The Morgan fingerprint density at radius 1 is 1.50 bits per heavy atom. The molecule has 0 saturated carbocycles. The Morgan fingerprint density at radius 2 is 2.29 bits per heavy atom. The standard InChI is InChI=1S/C9H17N3OS/c1-3-12(2)7-5-4-6-8-10-11-9(13)14-8/h3-7H2,1-2H3,(H,11,13). The summed E-state index contributed by atoms with van der Waals surface area (Å²) in [6, 6.07) is 0. The van der Waals surface area contributed by atoms with Gasteiger partial charge in [-0.1, -0.05) is 18.3 Å². The smallest absolute Gasteiger partial charge is 0.307 e. The van der Waals surface area contributed by atoms with Gasteiger partial charge in [0.05, 0.1) is 0 Å². The number of nitrogens with zero attached hydrogens (tertiary/aromatic N) is 2. The van der Waals surface area contributed by atoms with Gasteiger partial charge in [0, 0.05) is 6.42 Å². The normalized spacial score (nSPS) is 11.1. The number of aromatic nitrogens is 2. The van der Waals surface area contributed by atoms with Crippen LogP contribution in [0.5, 0.6) is 0 Å². The number of hydrogen-bond donors (Lipinski definition) is 1. The second kappa shape index (κ2) is 5.93. The van der Waals surface area contributed by atoms with E-state index in [1.165, 1.54) is 11.3 Å². The van der Waals surface area contributed by atoms with E-state index < -0.39 is 0 Å². The van der Waals surface area contributed by atoms with Crippen molar-refractivity contribution in [3.05, 3.63) is 14.7 Å².